The van der Waals surface area contributed by atoms with E-state index in [9.17, 15) is 13.6 Å². The predicted molar refractivity (Wildman–Crippen MR) is 53.3 cm³/mol. The molecule has 1 heterocycles. The molecule has 0 aliphatic heterocycles. The average Bonchev–Trinajstić information content (AvgIpc) is 2.22. The molecule has 1 rings (SSSR count). The number of likely N-dealkylation sites (N-methyl/N-ethyl adjacent to an activating group) is 1. The zero-order chi connectivity index (χ0) is 12.1. The van der Waals surface area contributed by atoms with Crippen LogP contribution in [0.2, 0.25) is 0 Å². The van der Waals surface area contributed by atoms with E-state index >= 15 is 0 Å². The Hall–Kier alpha value is -1.56. The highest BCUT2D eigenvalue weighted by Gasteiger charge is 2.10. The summed E-state index contributed by atoms with van der Waals surface area (Å²) < 4.78 is 30.5. The number of nitrogens with one attached hydrogen (secondary N) is 1. The van der Waals surface area contributed by atoms with Gasteiger partial charge in [0.05, 0.1) is 12.2 Å². The second kappa shape index (κ2) is 5.50. The molecule has 0 saturated heterocycles. The van der Waals surface area contributed by atoms with E-state index in [-0.39, 0.29) is 30.4 Å². The van der Waals surface area contributed by atoms with Crippen LogP contribution in [0.4, 0.5) is 8.78 Å². The summed E-state index contributed by atoms with van der Waals surface area (Å²) in [5, 5.41) is 2.66. The highest BCUT2D eigenvalue weighted by atomic mass is 19.2. The molecule has 1 N–H and O–H groups in total. The summed E-state index contributed by atoms with van der Waals surface area (Å²) in [6.45, 7) is 1.44. The molecule has 4 nitrogen and oxygen atoms in total. The number of rotatable bonds is 5. The fraction of sp³-hybridized carbons (Fsp3) is 0.400. The van der Waals surface area contributed by atoms with E-state index in [0.717, 1.165) is 6.07 Å². The maximum atomic E-state index is 12.8. The van der Waals surface area contributed by atoms with Crippen LogP contribution < -0.4 is 10.1 Å². The molecule has 0 atom stereocenters. The summed E-state index contributed by atoms with van der Waals surface area (Å²) in [5.41, 5.74) is 0.205. The molecule has 0 bridgehead atoms. The van der Waals surface area contributed by atoms with E-state index in [1.54, 1.807) is 7.05 Å². The molecule has 1 aromatic rings. The molecule has 0 saturated carbocycles. The summed E-state index contributed by atoms with van der Waals surface area (Å²) in [7, 11) is 1.63. The Morgan fingerprint density at radius 1 is 1.56 bits per heavy atom. The second-order valence-corrected chi connectivity index (χ2v) is 3.20. The van der Waals surface area contributed by atoms with Gasteiger partial charge in [0.2, 0.25) is 5.95 Å². The van der Waals surface area contributed by atoms with Crippen LogP contribution in [0.5, 0.6) is 5.75 Å². The fourth-order valence-corrected chi connectivity index (χ4v) is 1.09. The third kappa shape index (κ3) is 3.23. The zero-order valence-corrected chi connectivity index (χ0v) is 9.01. The summed E-state index contributed by atoms with van der Waals surface area (Å²) >= 11 is 0. The van der Waals surface area contributed by atoms with Gasteiger partial charge in [-0.1, -0.05) is 0 Å². The number of hydrogen-bond acceptors (Lipinski definition) is 4. The molecule has 1 aromatic heterocycles. The Labute approximate surface area is 91.6 Å². The number of halogens is 2. The lowest BCUT2D eigenvalue weighted by atomic mass is 10.3. The summed E-state index contributed by atoms with van der Waals surface area (Å²) in [5.74, 6) is -2.39. The third-order valence-electron chi connectivity index (χ3n) is 1.84. The lowest BCUT2D eigenvalue weighted by Gasteiger charge is -2.07. The molecule has 0 aliphatic carbocycles. The third-order valence-corrected chi connectivity index (χ3v) is 1.84. The fourth-order valence-electron chi connectivity index (χ4n) is 1.09. The number of carbonyl (C=O) groups excluding carboxylic acids is 1. The topological polar surface area (TPSA) is 51.2 Å². The number of Topliss-reactive ketones (excluding diaryl/α,β-unsaturated/α-hetero) is 1. The standard InChI is InChI=1S/C10H12F2N2O2/c1-6-9(3-8(11)10(12)14-6)16-5-7(15)4-13-2/h3,13H,4-5H2,1-2H3. The molecule has 6 heteroatoms. The summed E-state index contributed by atoms with van der Waals surface area (Å²) in [4.78, 5) is 14.4. The van der Waals surface area contributed by atoms with Crippen LogP contribution in [0.25, 0.3) is 0 Å². The van der Waals surface area contributed by atoms with Crippen molar-refractivity contribution in [1.29, 1.82) is 0 Å². The van der Waals surface area contributed by atoms with E-state index in [1.807, 2.05) is 0 Å². The van der Waals surface area contributed by atoms with Crippen molar-refractivity contribution < 1.29 is 18.3 Å². The van der Waals surface area contributed by atoms with Gasteiger partial charge in [-0.2, -0.15) is 4.39 Å². The van der Waals surface area contributed by atoms with Crippen molar-refractivity contribution in [2.24, 2.45) is 0 Å². The Kier molecular flexibility index (Phi) is 4.30. The van der Waals surface area contributed by atoms with Gasteiger partial charge >= 0.3 is 0 Å². The van der Waals surface area contributed by atoms with Crippen LogP contribution in [0.1, 0.15) is 5.69 Å². The second-order valence-electron chi connectivity index (χ2n) is 3.20. The van der Waals surface area contributed by atoms with Crippen LogP contribution in [0.3, 0.4) is 0 Å². The summed E-state index contributed by atoms with van der Waals surface area (Å²) in [6, 6.07) is 0.879. The normalized spacial score (nSPS) is 10.2. The number of hydrogen-bond donors (Lipinski definition) is 1. The number of pyridine rings is 1. The molecule has 0 amide bonds. The lowest BCUT2D eigenvalue weighted by molar-refractivity contribution is -0.120. The van der Waals surface area contributed by atoms with E-state index < -0.39 is 11.8 Å². The van der Waals surface area contributed by atoms with Gasteiger partial charge in [0.1, 0.15) is 12.4 Å². The minimum absolute atomic E-state index is 0.0725. The average molecular weight is 230 g/mol. The Bertz CT molecular complexity index is 397. The van der Waals surface area contributed by atoms with Gasteiger partial charge < -0.3 is 10.1 Å². The Balaban J connectivity index is 2.67. The van der Waals surface area contributed by atoms with Crippen LogP contribution >= 0.6 is 0 Å². The van der Waals surface area contributed by atoms with Crippen molar-refractivity contribution in [3.63, 3.8) is 0 Å². The number of ketones is 1. The monoisotopic (exact) mass is 230 g/mol. The number of ether oxygens (including phenoxy) is 1. The van der Waals surface area contributed by atoms with Crippen LogP contribution in [0.15, 0.2) is 6.07 Å². The number of nitrogens with zero attached hydrogens (tertiary/aromatic N) is 1. The molecular formula is C10H12F2N2O2. The van der Waals surface area contributed by atoms with Gasteiger partial charge in [0.25, 0.3) is 0 Å². The van der Waals surface area contributed by atoms with Crippen molar-refractivity contribution in [3.05, 3.63) is 23.5 Å². The van der Waals surface area contributed by atoms with Gasteiger partial charge in [-0.15, -0.1) is 0 Å². The van der Waals surface area contributed by atoms with Gasteiger partial charge in [-0.3, -0.25) is 4.79 Å². The molecule has 0 fully saturated rings. The van der Waals surface area contributed by atoms with Gasteiger partial charge in [-0.05, 0) is 14.0 Å². The van der Waals surface area contributed by atoms with Crippen LogP contribution in [-0.4, -0.2) is 31.0 Å². The maximum absolute atomic E-state index is 12.8. The van der Waals surface area contributed by atoms with Crippen LogP contribution in [0, 0.1) is 18.7 Å². The molecule has 88 valence electrons. The highest BCUT2D eigenvalue weighted by Crippen LogP contribution is 2.18. The first-order valence-electron chi connectivity index (χ1n) is 4.66. The van der Waals surface area contributed by atoms with Gasteiger partial charge in [-0.25, -0.2) is 9.37 Å². The molecule has 16 heavy (non-hydrogen) atoms. The molecule has 0 unspecified atom stereocenters. The molecule has 0 radical (unpaired) electrons. The van der Waals surface area contributed by atoms with Crippen molar-refractivity contribution in [2.45, 2.75) is 6.92 Å². The Morgan fingerprint density at radius 3 is 2.88 bits per heavy atom. The quantitative estimate of drug-likeness (QED) is 0.761. The van der Waals surface area contributed by atoms with Crippen molar-refractivity contribution in [3.8, 4) is 5.75 Å². The largest absolute Gasteiger partial charge is 0.484 e. The smallest absolute Gasteiger partial charge is 0.249 e. The van der Waals surface area contributed by atoms with E-state index in [0.29, 0.717) is 0 Å². The first-order chi connectivity index (χ1) is 7.54. The first kappa shape index (κ1) is 12.5. The van der Waals surface area contributed by atoms with Crippen LogP contribution in [-0.2, 0) is 4.79 Å². The van der Waals surface area contributed by atoms with E-state index in [2.05, 4.69) is 10.3 Å². The molecular weight excluding hydrogens is 218 g/mol. The number of aryl methyl sites for hydroxylation is 1. The van der Waals surface area contributed by atoms with Crippen molar-refractivity contribution >= 4 is 5.78 Å². The minimum Gasteiger partial charge on any atom is -0.484 e. The maximum Gasteiger partial charge on any atom is 0.249 e. The number of carbonyl (C=O) groups is 1. The van der Waals surface area contributed by atoms with E-state index in [4.69, 9.17) is 4.74 Å². The van der Waals surface area contributed by atoms with E-state index in [1.165, 1.54) is 6.92 Å². The van der Waals surface area contributed by atoms with Crippen molar-refractivity contribution in [1.82, 2.24) is 10.3 Å². The minimum atomic E-state index is -1.17. The first-order valence-corrected chi connectivity index (χ1v) is 4.66. The van der Waals surface area contributed by atoms with Gasteiger partial charge in [0, 0.05) is 6.07 Å². The number of aromatic nitrogens is 1. The van der Waals surface area contributed by atoms with Gasteiger partial charge in [0.15, 0.2) is 11.6 Å². The predicted octanol–water partition coefficient (Wildman–Crippen LogP) is 0.836. The SMILES string of the molecule is CNCC(=O)COc1cc(F)c(F)nc1C. The molecule has 0 aliphatic rings. The Morgan fingerprint density at radius 2 is 2.25 bits per heavy atom. The zero-order valence-electron chi connectivity index (χ0n) is 9.01. The molecule has 0 aromatic carbocycles. The highest BCUT2D eigenvalue weighted by molar-refractivity contribution is 5.81. The molecule has 0 spiro atoms. The summed E-state index contributed by atoms with van der Waals surface area (Å²) in [6.07, 6.45) is 0. The lowest BCUT2D eigenvalue weighted by Crippen LogP contribution is -2.24. The van der Waals surface area contributed by atoms with Crippen molar-refractivity contribution in [2.75, 3.05) is 20.2 Å².